The van der Waals surface area contributed by atoms with E-state index < -0.39 is 0 Å². The van der Waals surface area contributed by atoms with E-state index in [2.05, 4.69) is 52.4 Å². The third kappa shape index (κ3) is 3.22. The van der Waals surface area contributed by atoms with Crippen LogP contribution in [-0.4, -0.2) is 9.78 Å². The minimum atomic E-state index is 0.0211. The highest BCUT2D eigenvalue weighted by Gasteiger charge is 2.12. The summed E-state index contributed by atoms with van der Waals surface area (Å²) in [4.78, 5) is 0. The van der Waals surface area contributed by atoms with Crippen molar-refractivity contribution in [2.24, 2.45) is 5.73 Å². The minimum Gasteiger partial charge on any atom is -0.324 e. The average Bonchev–Trinajstić information content (AvgIpc) is 2.97. The van der Waals surface area contributed by atoms with Crippen molar-refractivity contribution < 1.29 is 0 Å². The van der Waals surface area contributed by atoms with E-state index in [0.29, 0.717) is 6.04 Å². The highest BCUT2D eigenvalue weighted by molar-refractivity contribution is 9.11. The minimum absolute atomic E-state index is 0.0211. The summed E-state index contributed by atoms with van der Waals surface area (Å²) >= 11 is 5.13. The number of aromatic nitrogens is 2. The summed E-state index contributed by atoms with van der Waals surface area (Å²) in [5.74, 6) is 0. The molecule has 0 radical (unpaired) electrons. The van der Waals surface area contributed by atoms with Crippen LogP contribution in [0, 0.1) is 0 Å². The Labute approximate surface area is 120 Å². The zero-order valence-electron chi connectivity index (χ0n) is 10.6. The molecule has 2 heterocycles. The van der Waals surface area contributed by atoms with Crippen LogP contribution in [-0.2, 0) is 6.42 Å². The van der Waals surface area contributed by atoms with Crippen LogP contribution in [0.4, 0.5) is 0 Å². The van der Waals surface area contributed by atoms with Crippen molar-refractivity contribution in [2.45, 2.75) is 38.8 Å². The number of nitrogens with zero attached hydrogens (tertiary/aromatic N) is 2. The summed E-state index contributed by atoms with van der Waals surface area (Å²) < 4.78 is 3.14. The third-order valence-electron chi connectivity index (χ3n) is 3.15. The number of halogens is 1. The molecule has 98 valence electrons. The zero-order valence-corrected chi connectivity index (χ0v) is 13.0. The molecule has 0 amide bonds. The first kappa shape index (κ1) is 13.8. The standard InChI is InChI=1S/C13H18BrN3S/c1-3-9(2)17-5-4-11(16-17)7-12(15)10-6-13(14)18-8-10/h4-6,8-9,12H,3,7,15H2,1-2H3. The fourth-order valence-corrected chi connectivity index (χ4v) is 3.02. The van der Waals surface area contributed by atoms with Crippen LogP contribution >= 0.6 is 27.3 Å². The van der Waals surface area contributed by atoms with E-state index in [9.17, 15) is 0 Å². The first-order valence-electron chi connectivity index (χ1n) is 6.13. The number of thiophene rings is 1. The van der Waals surface area contributed by atoms with Crippen LogP contribution in [0.15, 0.2) is 27.5 Å². The van der Waals surface area contributed by atoms with Crippen molar-refractivity contribution in [3.05, 3.63) is 38.8 Å². The molecule has 0 saturated carbocycles. The molecule has 0 aliphatic rings. The molecular formula is C13H18BrN3S. The topological polar surface area (TPSA) is 43.8 Å². The van der Waals surface area contributed by atoms with Crippen molar-refractivity contribution in [1.82, 2.24) is 9.78 Å². The van der Waals surface area contributed by atoms with Crippen LogP contribution in [0.25, 0.3) is 0 Å². The van der Waals surface area contributed by atoms with Crippen molar-refractivity contribution >= 4 is 27.3 Å². The van der Waals surface area contributed by atoms with Gasteiger partial charge in [-0.3, -0.25) is 4.68 Å². The monoisotopic (exact) mass is 327 g/mol. The van der Waals surface area contributed by atoms with Crippen molar-refractivity contribution in [3.8, 4) is 0 Å². The molecule has 0 fully saturated rings. The number of rotatable bonds is 5. The molecule has 0 aliphatic heterocycles. The van der Waals surface area contributed by atoms with Gasteiger partial charge in [-0.05, 0) is 52.4 Å². The predicted molar refractivity (Wildman–Crippen MR) is 79.9 cm³/mol. The molecule has 0 aliphatic carbocycles. The number of hydrogen-bond acceptors (Lipinski definition) is 3. The van der Waals surface area contributed by atoms with Crippen LogP contribution < -0.4 is 5.73 Å². The first-order chi connectivity index (χ1) is 8.60. The van der Waals surface area contributed by atoms with Gasteiger partial charge in [0.2, 0.25) is 0 Å². The van der Waals surface area contributed by atoms with Gasteiger partial charge in [0.15, 0.2) is 0 Å². The molecule has 0 bridgehead atoms. The summed E-state index contributed by atoms with van der Waals surface area (Å²) in [5.41, 5.74) is 8.43. The zero-order chi connectivity index (χ0) is 13.1. The Morgan fingerprint density at radius 1 is 1.56 bits per heavy atom. The van der Waals surface area contributed by atoms with Crippen LogP contribution in [0.2, 0.25) is 0 Å². The van der Waals surface area contributed by atoms with Gasteiger partial charge >= 0.3 is 0 Å². The lowest BCUT2D eigenvalue weighted by atomic mass is 10.1. The quantitative estimate of drug-likeness (QED) is 0.904. The molecule has 2 aromatic rings. The maximum atomic E-state index is 6.19. The van der Waals surface area contributed by atoms with E-state index in [4.69, 9.17) is 5.73 Å². The number of nitrogens with two attached hydrogens (primary N) is 1. The Bertz CT molecular complexity index is 506. The molecule has 2 N–H and O–H groups in total. The van der Waals surface area contributed by atoms with E-state index >= 15 is 0 Å². The molecule has 2 unspecified atom stereocenters. The van der Waals surface area contributed by atoms with Gasteiger partial charge < -0.3 is 5.73 Å². The Hall–Kier alpha value is -0.650. The van der Waals surface area contributed by atoms with Gasteiger partial charge in [-0.25, -0.2) is 0 Å². The number of hydrogen-bond donors (Lipinski definition) is 1. The first-order valence-corrected chi connectivity index (χ1v) is 7.81. The third-order valence-corrected chi connectivity index (χ3v) is 4.67. The summed E-state index contributed by atoms with van der Waals surface area (Å²) in [6.07, 6.45) is 3.91. The lowest BCUT2D eigenvalue weighted by Crippen LogP contribution is -2.13. The van der Waals surface area contributed by atoms with Crippen molar-refractivity contribution in [3.63, 3.8) is 0 Å². The fourth-order valence-electron chi connectivity index (χ4n) is 1.78. The van der Waals surface area contributed by atoms with E-state index in [1.54, 1.807) is 11.3 Å². The highest BCUT2D eigenvalue weighted by atomic mass is 79.9. The predicted octanol–water partition coefficient (Wildman–Crippen LogP) is 3.92. The molecule has 3 nitrogen and oxygen atoms in total. The maximum absolute atomic E-state index is 6.19. The van der Waals surface area contributed by atoms with E-state index in [1.807, 2.05) is 10.9 Å². The van der Waals surface area contributed by atoms with Crippen molar-refractivity contribution in [2.75, 3.05) is 0 Å². The lowest BCUT2D eigenvalue weighted by molar-refractivity contribution is 0.472. The summed E-state index contributed by atoms with van der Waals surface area (Å²) in [6.45, 7) is 4.34. The second-order valence-corrected chi connectivity index (χ2v) is 6.83. The van der Waals surface area contributed by atoms with Gasteiger partial charge in [0.05, 0.1) is 9.48 Å². The van der Waals surface area contributed by atoms with Gasteiger partial charge in [0.1, 0.15) is 0 Å². The van der Waals surface area contributed by atoms with E-state index in [1.165, 1.54) is 5.56 Å². The Balaban J connectivity index is 2.03. The molecule has 18 heavy (non-hydrogen) atoms. The van der Waals surface area contributed by atoms with Gasteiger partial charge in [-0.15, -0.1) is 11.3 Å². The van der Waals surface area contributed by atoms with E-state index in [0.717, 1.165) is 22.3 Å². The summed E-state index contributed by atoms with van der Waals surface area (Å²) in [6, 6.07) is 4.62. The largest absolute Gasteiger partial charge is 0.324 e. The lowest BCUT2D eigenvalue weighted by Gasteiger charge is -2.09. The second kappa shape index (κ2) is 5.99. The van der Waals surface area contributed by atoms with Gasteiger partial charge in [0.25, 0.3) is 0 Å². The molecule has 0 spiro atoms. The van der Waals surface area contributed by atoms with Crippen LogP contribution in [0.3, 0.4) is 0 Å². The Kier molecular flexibility index (Phi) is 4.59. The van der Waals surface area contributed by atoms with E-state index in [-0.39, 0.29) is 6.04 Å². The molecule has 0 saturated heterocycles. The summed E-state index contributed by atoms with van der Waals surface area (Å²) in [7, 11) is 0. The Morgan fingerprint density at radius 2 is 2.33 bits per heavy atom. The average molecular weight is 328 g/mol. The van der Waals surface area contributed by atoms with Crippen LogP contribution in [0.1, 0.15) is 43.6 Å². The van der Waals surface area contributed by atoms with Gasteiger partial charge in [-0.2, -0.15) is 5.10 Å². The smallest absolute Gasteiger partial charge is 0.0701 e. The summed E-state index contributed by atoms with van der Waals surface area (Å²) in [5, 5.41) is 6.68. The fraction of sp³-hybridized carbons (Fsp3) is 0.462. The maximum Gasteiger partial charge on any atom is 0.0701 e. The second-order valence-electron chi connectivity index (χ2n) is 4.54. The molecule has 2 atom stereocenters. The molecule has 2 rings (SSSR count). The molecule has 5 heteroatoms. The molecular weight excluding hydrogens is 310 g/mol. The van der Waals surface area contributed by atoms with Gasteiger partial charge in [-0.1, -0.05) is 6.92 Å². The van der Waals surface area contributed by atoms with Gasteiger partial charge in [0, 0.05) is 24.7 Å². The SMILES string of the molecule is CCC(C)n1ccc(CC(N)c2csc(Br)c2)n1. The Morgan fingerprint density at radius 3 is 2.94 bits per heavy atom. The normalized spacial score (nSPS) is 14.7. The highest BCUT2D eigenvalue weighted by Crippen LogP contribution is 2.25. The molecule has 2 aromatic heterocycles. The molecule has 0 aromatic carbocycles. The van der Waals surface area contributed by atoms with Crippen molar-refractivity contribution in [1.29, 1.82) is 0 Å². The van der Waals surface area contributed by atoms with Crippen LogP contribution in [0.5, 0.6) is 0 Å².